The van der Waals surface area contributed by atoms with Crippen LogP contribution in [0.4, 0.5) is 0 Å². The van der Waals surface area contributed by atoms with Gasteiger partial charge >= 0.3 is 11.9 Å². The molecule has 0 bridgehead atoms. The molecule has 1 rings (SSSR count). The van der Waals surface area contributed by atoms with Gasteiger partial charge in [-0.1, -0.05) is 22.5 Å². The fourth-order valence-electron chi connectivity index (χ4n) is 0.920. The average molecular weight is 285 g/mol. The van der Waals surface area contributed by atoms with Crippen LogP contribution in [0.15, 0.2) is 40.9 Å². The number of carbonyl (C=O) groups is 2. The zero-order chi connectivity index (χ0) is 12.1. The van der Waals surface area contributed by atoms with Crippen molar-refractivity contribution in [2.75, 3.05) is 0 Å². The van der Waals surface area contributed by atoms with Crippen molar-refractivity contribution in [3.8, 4) is 5.75 Å². The Morgan fingerprint density at radius 2 is 1.88 bits per heavy atom. The number of carboxylic acid groups (broad SMARTS) is 1. The predicted molar refractivity (Wildman–Crippen MR) is 61.2 cm³/mol. The van der Waals surface area contributed by atoms with Crippen molar-refractivity contribution in [3.63, 3.8) is 0 Å². The number of aliphatic carboxylic acids is 1. The first-order valence-corrected chi connectivity index (χ1v) is 5.15. The number of hydrogen-bond donors (Lipinski definition) is 1. The molecule has 0 fully saturated rings. The van der Waals surface area contributed by atoms with Crippen molar-refractivity contribution >= 4 is 27.9 Å². The zero-order valence-corrected chi connectivity index (χ0v) is 9.86. The molecule has 0 radical (unpaired) electrons. The van der Waals surface area contributed by atoms with E-state index in [0.29, 0.717) is 5.75 Å². The summed E-state index contributed by atoms with van der Waals surface area (Å²) in [7, 11) is 0. The van der Waals surface area contributed by atoms with E-state index in [1.165, 1.54) is 0 Å². The third-order valence-electron chi connectivity index (χ3n) is 1.71. The van der Waals surface area contributed by atoms with Gasteiger partial charge < -0.3 is 9.84 Å². The Kier molecular flexibility index (Phi) is 4.25. The van der Waals surface area contributed by atoms with Crippen LogP contribution in [0.5, 0.6) is 5.75 Å². The first-order valence-electron chi connectivity index (χ1n) is 4.36. The minimum Gasteiger partial charge on any atom is -0.478 e. The van der Waals surface area contributed by atoms with Gasteiger partial charge in [-0.3, -0.25) is 4.79 Å². The van der Waals surface area contributed by atoms with Crippen molar-refractivity contribution in [2.45, 2.75) is 6.42 Å². The summed E-state index contributed by atoms with van der Waals surface area (Å²) in [6.45, 7) is 3.24. The molecule has 0 aliphatic carbocycles. The molecule has 0 aliphatic heterocycles. The summed E-state index contributed by atoms with van der Waals surface area (Å²) >= 11 is 3.24. The van der Waals surface area contributed by atoms with Crippen LogP contribution in [-0.2, 0) is 9.59 Å². The van der Waals surface area contributed by atoms with Gasteiger partial charge in [0, 0.05) is 10.0 Å². The first-order chi connectivity index (χ1) is 7.49. The number of rotatable bonds is 4. The van der Waals surface area contributed by atoms with E-state index < -0.39 is 11.9 Å². The van der Waals surface area contributed by atoms with Gasteiger partial charge in [0.05, 0.1) is 6.42 Å². The molecular weight excluding hydrogens is 276 g/mol. The van der Waals surface area contributed by atoms with Gasteiger partial charge in [-0.25, -0.2) is 4.79 Å². The van der Waals surface area contributed by atoms with E-state index in [4.69, 9.17) is 9.84 Å². The summed E-state index contributed by atoms with van der Waals surface area (Å²) in [4.78, 5) is 21.7. The Bertz CT molecular complexity index is 422. The van der Waals surface area contributed by atoms with E-state index in [-0.39, 0.29) is 12.0 Å². The smallest absolute Gasteiger partial charge is 0.331 e. The van der Waals surface area contributed by atoms with Crippen LogP contribution < -0.4 is 4.74 Å². The molecule has 0 aromatic heterocycles. The van der Waals surface area contributed by atoms with Gasteiger partial charge in [-0.2, -0.15) is 0 Å². The van der Waals surface area contributed by atoms with Gasteiger partial charge in [-0.15, -0.1) is 0 Å². The topological polar surface area (TPSA) is 63.6 Å². The van der Waals surface area contributed by atoms with E-state index in [0.717, 1.165) is 4.47 Å². The number of benzene rings is 1. The average Bonchev–Trinajstić information content (AvgIpc) is 2.21. The number of halogens is 1. The highest BCUT2D eigenvalue weighted by Gasteiger charge is 2.12. The number of hydrogen-bond acceptors (Lipinski definition) is 3. The van der Waals surface area contributed by atoms with Gasteiger partial charge in [0.2, 0.25) is 0 Å². The lowest BCUT2D eigenvalue weighted by Gasteiger charge is -2.03. The molecule has 4 nitrogen and oxygen atoms in total. The molecule has 0 aliphatic rings. The molecule has 5 heteroatoms. The van der Waals surface area contributed by atoms with Gasteiger partial charge in [-0.05, 0) is 24.3 Å². The lowest BCUT2D eigenvalue weighted by molar-refractivity contribution is -0.138. The third-order valence-corrected chi connectivity index (χ3v) is 2.23. The summed E-state index contributed by atoms with van der Waals surface area (Å²) in [5.41, 5.74) is -0.192. The molecule has 0 unspecified atom stereocenters. The quantitative estimate of drug-likeness (QED) is 0.524. The van der Waals surface area contributed by atoms with Crippen LogP contribution in [0.25, 0.3) is 0 Å². The summed E-state index contributed by atoms with van der Waals surface area (Å²) in [5, 5.41) is 8.52. The fourth-order valence-corrected chi connectivity index (χ4v) is 1.18. The summed E-state index contributed by atoms with van der Waals surface area (Å²) in [5.74, 6) is -1.48. The Morgan fingerprint density at radius 1 is 1.31 bits per heavy atom. The SMILES string of the molecule is C=C(CC(=O)Oc1ccc(Br)cc1)C(=O)O. The van der Waals surface area contributed by atoms with E-state index in [1.54, 1.807) is 24.3 Å². The normalized spacial score (nSPS) is 9.56. The largest absolute Gasteiger partial charge is 0.478 e. The second-order valence-corrected chi connectivity index (χ2v) is 3.93. The molecule has 84 valence electrons. The molecule has 1 aromatic carbocycles. The second-order valence-electron chi connectivity index (χ2n) is 3.01. The Morgan fingerprint density at radius 3 is 2.38 bits per heavy atom. The lowest BCUT2D eigenvalue weighted by atomic mass is 10.2. The molecule has 0 saturated heterocycles. The zero-order valence-electron chi connectivity index (χ0n) is 8.27. The molecule has 0 heterocycles. The van der Waals surface area contributed by atoms with Gasteiger partial charge in [0.25, 0.3) is 0 Å². The predicted octanol–water partition coefficient (Wildman–Crippen LogP) is 2.39. The summed E-state index contributed by atoms with van der Waals surface area (Å²) < 4.78 is 5.77. The number of ether oxygens (including phenoxy) is 1. The number of carboxylic acids is 1. The van der Waals surface area contributed by atoms with Crippen molar-refractivity contribution in [1.82, 2.24) is 0 Å². The molecular formula is C11H9BrO4. The van der Waals surface area contributed by atoms with Crippen LogP contribution in [0.1, 0.15) is 6.42 Å². The van der Waals surface area contributed by atoms with Crippen LogP contribution >= 0.6 is 15.9 Å². The molecule has 16 heavy (non-hydrogen) atoms. The number of carbonyl (C=O) groups excluding carboxylic acids is 1. The molecule has 0 saturated carbocycles. The highest BCUT2D eigenvalue weighted by Crippen LogP contribution is 2.16. The van der Waals surface area contributed by atoms with E-state index >= 15 is 0 Å². The monoisotopic (exact) mass is 284 g/mol. The second kappa shape index (κ2) is 5.46. The van der Waals surface area contributed by atoms with Crippen molar-refractivity contribution in [2.24, 2.45) is 0 Å². The molecule has 0 amide bonds. The maximum absolute atomic E-state index is 11.3. The van der Waals surface area contributed by atoms with Crippen LogP contribution in [0.2, 0.25) is 0 Å². The van der Waals surface area contributed by atoms with Gasteiger partial charge in [0.1, 0.15) is 5.75 Å². The summed E-state index contributed by atoms with van der Waals surface area (Å²) in [6, 6.07) is 6.64. The Hall–Kier alpha value is -1.62. The maximum atomic E-state index is 11.3. The standard InChI is InChI=1S/C11H9BrO4/c1-7(11(14)15)6-10(13)16-9-4-2-8(12)3-5-9/h2-5H,1,6H2,(H,14,15). The van der Waals surface area contributed by atoms with E-state index in [9.17, 15) is 9.59 Å². The third kappa shape index (κ3) is 3.86. The molecule has 0 atom stereocenters. The molecule has 1 N–H and O–H groups in total. The number of esters is 1. The minimum atomic E-state index is -1.20. The molecule has 1 aromatic rings. The highest BCUT2D eigenvalue weighted by atomic mass is 79.9. The first kappa shape index (κ1) is 12.4. The van der Waals surface area contributed by atoms with Crippen LogP contribution in [-0.4, -0.2) is 17.0 Å². The highest BCUT2D eigenvalue weighted by molar-refractivity contribution is 9.10. The Balaban J connectivity index is 2.55. The Labute approximate surface area is 101 Å². The van der Waals surface area contributed by atoms with E-state index in [1.807, 2.05) is 0 Å². The maximum Gasteiger partial charge on any atom is 0.331 e. The van der Waals surface area contributed by atoms with E-state index in [2.05, 4.69) is 22.5 Å². The van der Waals surface area contributed by atoms with Crippen molar-refractivity contribution in [1.29, 1.82) is 0 Å². The molecule has 0 spiro atoms. The van der Waals surface area contributed by atoms with Crippen molar-refractivity contribution in [3.05, 3.63) is 40.9 Å². The van der Waals surface area contributed by atoms with Crippen molar-refractivity contribution < 1.29 is 19.4 Å². The summed E-state index contributed by atoms with van der Waals surface area (Å²) in [6.07, 6.45) is -0.328. The van der Waals surface area contributed by atoms with Crippen LogP contribution in [0.3, 0.4) is 0 Å². The fraction of sp³-hybridized carbons (Fsp3) is 0.0909. The minimum absolute atomic E-state index is 0.192. The van der Waals surface area contributed by atoms with Crippen LogP contribution in [0, 0.1) is 0 Å². The van der Waals surface area contributed by atoms with Gasteiger partial charge in [0.15, 0.2) is 0 Å². The lowest BCUT2D eigenvalue weighted by Crippen LogP contribution is -2.12.